The molecule has 0 bridgehead atoms. The molecule has 0 heterocycles. The number of benzene rings is 3. The van der Waals surface area contributed by atoms with E-state index in [1.54, 1.807) is 24.3 Å². The minimum Gasteiger partial charge on any atom is -0.508 e. The van der Waals surface area contributed by atoms with Gasteiger partial charge in [-0.3, -0.25) is 0 Å². The van der Waals surface area contributed by atoms with Gasteiger partial charge in [0.1, 0.15) is 11.5 Å². The minimum absolute atomic E-state index is 0.255. The van der Waals surface area contributed by atoms with E-state index in [-0.39, 0.29) is 16.9 Å². The molecule has 0 saturated heterocycles. The van der Waals surface area contributed by atoms with Gasteiger partial charge in [0.2, 0.25) is 0 Å². The Kier molecular flexibility index (Phi) is 3.83. The summed E-state index contributed by atoms with van der Waals surface area (Å²) in [5.41, 5.74) is 4.19. The predicted octanol–water partition coefficient (Wildman–Crippen LogP) is 4.76. The Balaban J connectivity index is 2.21. The molecule has 0 atom stereocenters. The molecule has 0 fully saturated rings. The summed E-state index contributed by atoms with van der Waals surface area (Å²) in [4.78, 5) is 0. The molecule has 0 spiro atoms. The molecule has 0 aromatic heterocycles. The van der Waals surface area contributed by atoms with E-state index in [9.17, 15) is 10.2 Å². The molecule has 23 heavy (non-hydrogen) atoms. The average molecular weight is 304 g/mol. The fraction of sp³-hybridized carbons (Fsp3) is 0.143. The van der Waals surface area contributed by atoms with E-state index in [0.29, 0.717) is 0 Å². The Morgan fingerprint density at radius 1 is 0.565 bits per heavy atom. The van der Waals surface area contributed by atoms with Crippen molar-refractivity contribution in [2.75, 3.05) is 0 Å². The maximum Gasteiger partial charge on any atom is 0.115 e. The zero-order valence-corrected chi connectivity index (χ0v) is 13.3. The van der Waals surface area contributed by atoms with E-state index in [1.807, 2.05) is 24.3 Å². The zero-order valence-electron chi connectivity index (χ0n) is 13.3. The summed E-state index contributed by atoms with van der Waals surface area (Å²) in [5, 5.41) is 19.2. The average Bonchev–Trinajstić information content (AvgIpc) is 2.56. The van der Waals surface area contributed by atoms with Crippen LogP contribution in [0.5, 0.6) is 11.5 Å². The van der Waals surface area contributed by atoms with Gasteiger partial charge in [0.15, 0.2) is 0 Å². The molecule has 0 saturated carbocycles. The third-order valence-corrected chi connectivity index (χ3v) is 4.52. The Morgan fingerprint density at radius 3 is 1.22 bits per heavy atom. The number of phenols is 2. The quantitative estimate of drug-likeness (QED) is 0.685. The number of hydrogen-bond donors (Lipinski definition) is 2. The van der Waals surface area contributed by atoms with E-state index in [4.69, 9.17) is 0 Å². The van der Waals surface area contributed by atoms with Gasteiger partial charge in [-0.05, 0) is 54.8 Å². The second-order valence-electron chi connectivity index (χ2n) is 6.08. The van der Waals surface area contributed by atoms with Crippen LogP contribution in [0.3, 0.4) is 0 Å². The van der Waals surface area contributed by atoms with Crippen LogP contribution in [0.4, 0.5) is 0 Å². The van der Waals surface area contributed by atoms with E-state index in [2.05, 4.69) is 38.1 Å². The molecule has 3 aromatic carbocycles. The van der Waals surface area contributed by atoms with Crippen LogP contribution in [-0.4, -0.2) is 10.2 Å². The van der Waals surface area contributed by atoms with E-state index >= 15 is 0 Å². The highest BCUT2D eigenvalue weighted by atomic mass is 16.3. The van der Waals surface area contributed by atoms with Crippen molar-refractivity contribution in [3.63, 3.8) is 0 Å². The zero-order chi connectivity index (χ0) is 16.4. The van der Waals surface area contributed by atoms with Crippen LogP contribution < -0.4 is 0 Å². The standard InChI is InChI=1S/C21H20O2/c1-15-3-5-16(6-4-15)21(2,17-7-11-19(22)12-8-17)18-9-13-20(23)14-10-18/h3-14,22-23H,1-2H3. The molecule has 3 rings (SSSR count). The lowest BCUT2D eigenvalue weighted by Gasteiger charge is -2.32. The fourth-order valence-electron chi connectivity index (χ4n) is 2.98. The largest absolute Gasteiger partial charge is 0.508 e. The summed E-state index contributed by atoms with van der Waals surface area (Å²) in [5.74, 6) is 0.511. The monoisotopic (exact) mass is 304 g/mol. The van der Waals surface area contributed by atoms with Crippen LogP contribution in [0.25, 0.3) is 0 Å². The lowest BCUT2D eigenvalue weighted by molar-refractivity contribution is 0.474. The van der Waals surface area contributed by atoms with Crippen molar-refractivity contribution in [2.24, 2.45) is 0 Å². The number of hydrogen-bond acceptors (Lipinski definition) is 2. The van der Waals surface area contributed by atoms with Gasteiger partial charge < -0.3 is 10.2 Å². The van der Waals surface area contributed by atoms with Crippen LogP contribution in [0, 0.1) is 6.92 Å². The summed E-state index contributed by atoms with van der Waals surface area (Å²) < 4.78 is 0. The molecule has 2 nitrogen and oxygen atoms in total. The summed E-state index contributed by atoms with van der Waals surface area (Å²) in [6, 6.07) is 23.1. The molecule has 0 aliphatic rings. The first-order valence-electron chi connectivity index (χ1n) is 7.66. The van der Waals surface area contributed by atoms with Crippen LogP contribution in [0.1, 0.15) is 29.2 Å². The van der Waals surface area contributed by atoms with Crippen molar-refractivity contribution >= 4 is 0 Å². The molecule has 0 radical (unpaired) electrons. The van der Waals surface area contributed by atoms with Crippen LogP contribution in [0.2, 0.25) is 0 Å². The lowest BCUT2D eigenvalue weighted by atomic mass is 9.71. The summed E-state index contributed by atoms with van der Waals surface area (Å²) in [7, 11) is 0. The second kappa shape index (κ2) is 5.81. The van der Waals surface area contributed by atoms with Gasteiger partial charge in [0, 0.05) is 5.41 Å². The summed E-state index contributed by atoms with van der Waals surface area (Å²) >= 11 is 0. The first-order chi connectivity index (χ1) is 11.0. The van der Waals surface area contributed by atoms with Crippen molar-refractivity contribution in [1.82, 2.24) is 0 Å². The van der Waals surface area contributed by atoms with Crippen molar-refractivity contribution in [1.29, 1.82) is 0 Å². The van der Waals surface area contributed by atoms with E-state index in [1.165, 1.54) is 11.1 Å². The highest BCUT2D eigenvalue weighted by Gasteiger charge is 2.31. The van der Waals surface area contributed by atoms with Crippen LogP contribution in [0.15, 0.2) is 72.8 Å². The molecule has 2 heteroatoms. The Bertz CT molecular complexity index is 674. The Hall–Kier alpha value is -2.74. The van der Waals surface area contributed by atoms with Crippen molar-refractivity contribution < 1.29 is 10.2 Å². The van der Waals surface area contributed by atoms with Crippen molar-refractivity contribution in [2.45, 2.75) is 19.3 Å². The van der Waals surface area contributed by atoms with E-state index in [0.717, 1.165) is 11.1 Å². The first-order valence-corrected chi connectivity index (χ1v) is 7.66. The van der Waals surface area contributed by atoms with Crippen LogP contribution >= 0.6 is 0 Å². The van der Waals surface area contributed by atoms with Gasteiger partial charge in [0.05, 0.1) is 0 Å². The molecule has 0 amide bonds. The number of rotatable bonds is 3. The molecular weight excluding hydrogens is 284 g/mol. The fourth-order valence-corrected chi connectivity index (χ4v) is 2.98. The molecule has 0 unspecified atom stereocenters. The third kappa shape index (κ3) is 2.80. The lowest BCUT2D eigenvalue weighted by Crippen LogP contribution is -2.25. The molecule has 0 aliphatic carbocycles. The minimum atomic E-state index is -0.366. The van der Waals surface area contributed by atoms with Gasteiger partial charge in [-0.15, -0.1) is 0 Å². The van der Waals surface area contributed by atoms with Gasteiger partial charge in [-0.2, -0.15) is 0 Å². The first kappa shape index (κ1) is 15.2. The SMILES string of the molecule is Cc1ccc(C(C)(c2ccc(O)cc2)c2ccc(O)cc2)cc1. The van der Waals surface area contributed by atoms with Crippen molar-refractivity contribution in [3.8, 4) is 11.5 Å². The molecule has 2 N–H and O–H groups in total. The van der Waals surface area contributed by atoms with Gasteiger partial charge in [0.25, 0.3) is 0 Å². The maximum absolute atomic E-state index is 9.60. The maximum atomic E-state index is 9.60. The molecular formula is C21H20O2. The van der Waals surface area contributed by atoms with Gasteiger partial charge >= 0.3 is 0 Å². The van der Waals surface area contributed by atoms with E-state index < -0.39 is 0 Å². The normalized spacial score (nSPS) is 11.4. The summed E-state index contributed by atoms with van der Waals surface area (Å²) in [6.45, 7) is 4.23. The molecule has 0 aliphatic heterocycles. The second-order valence-corrected chi connectivity index (χ2v) is 6.08. The number of aromatic hydroxyl groups is 2. The Labute approximate surface area is 136 Å². The summed E-state index contributed by atoms with van der Waals surface area (Å²) in [6.07, 6.45) is 0. The predicted molar refractivity (Wildman–Crippen MR) is 92.9 cm³/mol. The smallest absolute Gasteiger partial charge is 0.115 e. The Morgan fingerprint density at radius 2 is 0.870 bits per heavy atom. The third-order valence-electron chi connectivity index (χ3n) is 4.52. The highest BCUT2D eigenvalue weighted by molar-refractivity contribution is 5.51. The molecule has 116 valence electrons. The highest BCUT2D eigenvalue weighted by Crippen LogP contribution is 2.39. The van der Waals surface area contributed by atoms with Gasteiger partial charge in [-0.1, -0.05) is 54.1 Å². The van der Waals surface area contributed by atoms with Gasteiger partial charge in [-0.25, -0.2) is 0 Å². The van der Waals surface area contributed by atoms with Crippen LogP contribution in [-0.2, 0) is 5.41 Å². The number of phenolic OH excluding ortho intramolecular Hbond substituents is 2. The topological polar surface area (TPSA) is 40.5 Å². The van der Waals surface area contributed by atoms with Crippen molar-refractivity contribution in [3.05, 3.63) is 95.1 Å². The molecule has 3 aromatic rings. The number of aryl methyl sites for hydroxylation is 1.